The molecule has 0 unspecified atom stereocenters. The predicted octanol–water partition coefficient (Wildman–Crippen LogP) is 5.93. The van der Waals surface area contributed by atoms with Crippen LogP contribution in [0.5, 0.6) is 11.5 Å². The quantitative estimate of drug-likeness (QED) is 0.205. The molecule has 0 heterocycles. The number of hydrogen-bond acceptors (Lipinski definition) is 4. The zero-order valence-electron chi connectivity index (χ0n) is 20.5. The Balaban J connectivity index is 1.38. The summed E-state index contributed by atoms with van der Waals surface area (Å²) in [6.45, 7) is 4.18. The maximum absolute atomic E-state index is 12.1. The van der Waals surface area contributed by atoms with Crippen LogP contribution in [0.15, 0.2) is 109 Å². The molecule has 4 aromatic rings. The topological polar surface area (TPSA) is 52.6 Å². The van der Waals surface area contributed by atoms with Crippen molar-refractivity contribution in [3.8, 4) is 35.2 Å². The lowest BCUT2D eigenvalue weighted by molar-refractivity contribution is -0.128. The Labute approximate surface area is 216 Å². The van der Waals surface area contributed by atoms with Crippen molar-refractivity contribution in [1.29, 1.82) is 0 Å². The Morgan fingerprint density at radius 3 is 1.24 bits per heavy atom. The van der Waals surface area contributed by atoms with Gasteiger partial charge in [0.25, 0.3) is 0 Å². The Morgan fingerprint density at radius 1 is 0.541 bits per heavy atom. The van der Waals surface area contributed by atoms with Crippen molar-refractivity contribution < 1.29 is 19.1 Å². The summed E-state index contributed by atoms with van der Waals surface area (Å²) in [6.07, 6.45) is 0. The number of benzene rings is 4. The van der Waals surface area contributed by atoms with E-state index in [-0.39, 0.29) is 5.41 Å². The van der Waals surface area contributed by atoms with Gasteiger partial charge in [0.15, 0.2) is 0 Å². The molecule has 180 valence electrons. The molecule has 0 N–H and O–H groups in total. The van der Waals surface area contributed by atoms with E-state index in [4.69, 9.17) is 9.47 Å². The molecule has 0 aromatic heterocycles. The fraction of sp³-hybridized carbons (Fsp3) is 0.0909. The highest BCUT2D eigenvalue weighted by atomic mass is 16.5. The third-order valence-electron chi connectivity index (χ3n) is 5.74. The molecule has 0 saturated carbocycles. The van der Waals surface area contributed by atoms with E-state index in [1.807, 2.05) is 84.9 Å². The van der Waals surface area contributed by atoms with Crippen molar-refractivity contribution in [2.45, 2.75) is 19.3 Å². The maximum atomic E-state index is 12.1. The van der Waals surface area contributed by atoms with E-state index in [2.05, 4.69) is 37.5 Å². The number of esters is 2. The van der Waals surface area contributed by atoms with E-state index in [9.17, 15) is 9.59 Å². The molecule has 0 bridgehead atoms. The zero-order valence-corrected chi connectivity index (χ0v) is 20.5. The minimum absolute atomic E-state index is 0.342. The molecule has 37 heavy (non-hydrogen) atoms. The predicted molar refractivity (Wildman–Crippen MR) is 143 cm³/mol. The molecule has 4 aromatic carbocycles. The molecule has 0 amide bonds. The molecule has 0 spiro atoms. The van der Waals surface area contributed by atoms with Gasteiger partial charge in [-0.2, -0.15) is 0 Å². The van der Waals surface area contributed by atoms with Crippen LogP contribution in [-0.2, 0) is 15.0 Å². The lowest BCUT2D eigenvalue weighted by Gasteiger charge is -2.26. The fourth-order valence-corrected chi connectivity index (χ4v) is 3.60. The largest absolute Gasteiger partial charge is 0.417 e. The van der Waals surface area contributed by atoms with Gasteiger partial charge in [0, 0.05) is 28.4 Å². The number of carbonyl (C=O) groups excluding carboxylic acids is 2. The monoisotopic (exact) mass is 484 g/mol. The first kappa shape index (κ1) is 25.0. The third-order valence-corrected chi connectivity index (χ3v) is 5.74. The highest BCUT2D eigenvalue weighted by Gasteiger charge is 2.23. The first-order chi connectivity index (χ1) is 17.9. The van der Waals surface area contributed by atoms with Crippen LogP contribution in [0.2, 0.25) is 0 Å². The second-order valence-corrected chi connectivity index (χ2v) is 8.68. The van der Waals surface area contributed by atoms with Crippen LogP contribution in [0.3, 0.4) is 0 Å². The van der Waals surface area contributed by atoms with Crippen LogP contribution in [0.1, 0.15) is 36.1 Å². The highest BCUT2D eigenvalue weighted by Crippen LogP contribution is 2.33. The summed E-state index contributed by atoms with van der Waals surface area (Å²) in [5, 5.41) is 0. The van der Waals surface area contributed by atoms with Crippen molar-refractivity contribution in [1.82, 2.24) is 0 Å². The summed E-state index contributed by atoms with van der Waals surface area (Å²) in [7, 11) is 0. The summed E-state index contributed by atoms with van der Waals surface area (Å²) in [6, 6.07) is 33.2. The van der Waals surface area contributed by atoms with Gasteiger partial charge in [-0.15, -0.1) is 0 Å². The van der Waals surface area contributed by atoms with Gasteiger partial charge < -0.3 is 9.47 Å². The standard InChI is InChI=1S/C33H24O4/c1-33(2,27-15-19-29(20-16-27)36-31(34)23-13-25-9-5-3-6-10-25)28-17-21-30(22-18-28)37-32(35)24-14-26-11-7-4-8-12-26/h3-12,15-22H,1-2H3. The zero-order chi connectivity index (χ0) is 26.1. The van der Waals surface area contributed by atoms with Gasteiger partial charge in [-0.05, 0) is 59.7 Å². The molecule has 0 fully saturated rings. The maximum Gasteiger partial charge on any atom is 0.390 e. The number of hydrogen-bond donors (Lipinski definition) is 0. The van der Waals surface area contributed by atoms with E-state index in [1.54, 1.807) is 24.3 Å². The Bertz CT molecular complexity index is 1380. The molecule has 4 heteroatoms. The number of rotatable bonds is 4. The number of carbonyl (C=O) groups is 2. The molecule has 0 aliphatic rings. The van der Waals surface area contributed by atoms with E-state index in [1.165, 1.54) is 0 Å². The van der Waals surface area contributed by atoms with Crippen LogP contribution in [0.25, 0.3) is 0 Å². The van der Waals surface area contributed by atoms with E-state index < -0.39 is 11.9 Å². The molecule has 4 rings (SSSR count). The van der Waals surface area contributed by atoms with Crippen LogP contribution in [0.4, 0.5) is 0 Å². The molecule has 0 aliphatic heterocycles. The van der Waals surface area contributed by atoms with Gasteiger partial charge in [-0.1, -0.05) is 86.4 Å². The first-order valence-corrected chi connectivity index (χ1v) is 11.7. The molecule has 4 nitrogen and oxygen atoms in total. The van der Waals surface area contributed by atoms with E-state index in [0.29, 0.717) is 11.5 Å². The van der Waals surface area contributed by atoms with Crippen molar-refractivity contribution >= 4 is 11.9 Å². The molecule has 0 radical (unpaired) electrons. The van der Waals surface area contributed by atoms with Crippen molar-refractivity contribution in [2.75, 3.05) is 0 Å². The lowest BCUT2D eigenvalue weighted by atomic mass is 9.78. The van der Waals surface area contributed by atoms with Crippen molar-refractivity contribution in [3.63, 3.8) is 0 Å². The van der Waals surface area contributed by atoms with Gasteiger partial charge >= 0.3 is 11.9 Å². The minimum Gasteiger partial charge on any atom is -0.417 e. The Kier molecular flexibility index (Phi) is 7.84. The van der Waals surface area contributed by atoms with Crippen LogP contribution in [0, 0.1) is 23.7 Å². The van der Waals surface area contributed by atoms with Crippen molar-refractivity contribution in [2.24, 2.45) is 0 Å². The second-order valence-electron chi connectivity index (χ2n) is 8.68. The van der Waals surface area contributed by atoms with Gasteiger partial charge in [0.05, 0.1) is 0 Å². The molecule has 0 saturated heterocycles. The average molecular weight is 485 g/mol. The van der Waals surface area contributed by atoms with E-state index in [0.717, 1.165) is 22.3 Å². The van der Waals surface area contributed by atoms with Crippen LogP contribution >= 0.6 is 0 Å². The van der Waals surface area contributed by atoms with Crippen LogP contribution in [-0.4, -0.2) is 11.9 Å². The van der Waals surface area contributed by atoms with Gasteiger partial charge in [-0.25, -0.2) is 9.59 Å². The third kappa shape index (κ3) is 6.98. The molecular weight excluding hydrogens is 460 g/mol. The summed E-state index contributed by atoms with van der Waals surface area (Å²) in [4.78, 5) is 24.1. The van der Waals surface area contributed by atoms with Gasteiger partial charge in [0.1, 0.15) is 11.5 Å². The van der Waals surface area contributed by atoms with E-state index >= 15 is 0 Å². The summed E-state index contributed by atoms with van der Waals surface area (Å²) in [5.41, 5.74) is 3.21. The summed E-state index contributed by atoms with van der Waals surface area (Å²) >= 11 is 0. The van der Waals surface area contributed by atoms with Gasteiger partial charge in [0.2, 0.25) is 0 Å². The molecular formula is C33H24O4. The fourth-order valence-electron chi connectivity index (χ4n) is 3.60. The number of ether oxygens (including phenoxy) is 2. The highest BCUT2D eigenvalue weighted by molar-refractivity contribution is 5.91. The average Bonchev–Trinajstić information content (AvgIpc) is 2.92. The van der Waals surface area contributed by atoms with Crippen LogP contribution < -0.4 is 9.47 Å². The minimum atomic E-state index is -0.616. The summed E-state index contributed by atoms with van der Waals surface area (Å²) < 4.78 is 10.7. The Morgan fingerprint density at radius 2 is 0.892 bits per heavy atom. The first-order valence-electron chi connectivity index (χ1n) is 11.7. The van der Waals surface area contributed by atoms with Gasteiger partial charge in [-0.3, -0.25) is 0 Å². The molecule has 0 atom stereocenters. The second kappa shape index (κ2) is 11.6. The lowest BCUT2D eigenvalue weighted by Crippen LogP contribution is -2.19. The molecule has 0 aliphatic carbocycles. The SMILES string of the molecule is CC(C)(c1ccc(OC(=O)C#Cc2ccccc2)cc1)c1ccc(OC(=O)C#Cc2ccccc2)cc1. The Hall–Kier alpha value is -5.06. The van der Waals surface area contributed by atoms with Crippen molar-refractivity contribution in [3.05, 3.63) is 131 Å². The normalized spacial score (nSPS) is 10.2. The smallest absolute Gasteiger partial charge is 0.390 e. The summed E-state index contributed by atoms with van der Waals surface area (Å²) in [5.74, 6) is 10.2.